The van der Waals surface area contributed by atoms with Crippen LogP contribution in [0, 0.1) is 6.92 Å². The number of nitrogens with one attached hydrogen (secondary N) is 1. The van der Waals surface area contributed by atoms with Crippen LogP contribution in [-0.2, 0) is 20.1 Å². The topological polar surface area (TPSA) is 111 Å². The van der Waals surface area contributed by atoms with E-state index in [0.29, 0.717) is 5.69 Å². The molecular weight excluding hydrogens is 507 g/mol. The second kappa shape index (κ2) is 10.0. The second-order valence-electron chi connectivity index (χ2n) is 9.28. The van der Waals surface area contributed by atoms with Crippen molar-refractivity contribution in [3.63, 3.8) is 0 Å². The smallest absolute Gasteiger partial charge is 0.450 e. The van der Waals surface area contributed by atoms with Crippen LogP contribution < -0.4 is 30.9 Å². The average Bonchev–Trinajstić information content (AvgIpc) is 3.10. The SMILES string of the molecule is Cc1ccc(CN2c3c(n(C)c(=O)n(CCC(C)O)c3=O)NC2(C)Oc2cccc(OC(F)(F)F)c2)nc1. The number of benzene rings is 1. The zero-order valence-electron chi connectivity index (χ0n) is 21.2. The third-order valence-corrected chi connectivity index (χ3v) is 6.08. The van der Waals surface area contributed by atoms with Crippen molar-refractivity contribution in [3.05, 3.63) is 74.7 Å². The Morgan fingerprint density at radius 2 is 1.89 bits per heavy atom. The summed E-state index contributed by atoms with van der Waals surface area (Å²) in [5.74, 6) is -1.80. The van der Waals surface area contributed by atoms with Gasteiger partial charge >= 0.3 is 12.1 Å². The molecule has 0 saturated carbocycles. The summed E-state index contributed by atoms with van der Waals surface area (Å²) in [6, 6.07) is 8.63. The molecule has 0 saturated heterocycles. The van der Waals surface area contributed by atoms with Crippen molar-refractivity contribution in [1.29, 1.82) is 0 Å². The lowest BCUT2D eigenvalue weighted by Crippen LogP contribution is -2.53. The Labute approximate surface area is 215 Å². The fourth-order valence-electron chi connectivity index (χ4n) is 4.18. The van der Waals surface area contributed by atoms with Gasteiger partial charge in [-0.1, -0.05) is 12.1 Å². The number of anilines is 2. The number of fused-ring (bicyclic) bond motifs is 1. The molecule has 0 spiro atoms. The Morgan fingerprint density at radius 1 is 1.18 bits per heavy atom. The number of ether oxygens (including phenoxy) is 2. The fraction of sp³-hybridized carbons (Fsp3) is 0.400. The molecule has 3 heterocycles. The van der Waals surface area contributed by atoms with E-state index >= 15 is 0 Å². The van der Waals surface area contributed by atoms with Gasteiger partial charge < -0.3 is 24.8 Å². The van der Waals surface area contributed by atoms with Crippen molar-refractivity contribution >= 4 is 11.5 Å². The standard InChI is InChI=1S/C25H28F3N5O5/c1-15-8-9-17(29-13-15)14-33-20-21(31(4)23(36)32(22(20)35)11-10-16(2)34)30-24(33,3)37-18-6-5-7-19(12-18)38-25(26,27)28/h5-9,12-13,16,30,34H,10-11,14H2,1-4H3. The van der Waals surface area contributed by atoms with Crippen LogP contribution in [0.4, 0.5) is 24.7 Å². The highest BCUT2D eigenvalue weighted by Gasteiger charge is 2.46. The van der Waals surface area contributed by atoms with Gasteiger partial charge in [-0.05, 0) is 44.0 Å². The molecule has 204 valence electrons. The zero-order chi connectivity index (χ0) is 27.8. The van der Waals surface area contributed by atoms with E-state index in [1.165, 1.54) is 23.7 Å². The van der Waals surface area contributed by atoms with Crippen LogP contribution in [0.5, 0.6) is 11.5 Å². The first kappa shape index (κ1) is 27.0. The minimum Gasteiger partial charge on any atom is -0.450 e. The molecule has 1 aromatic carbocycles. The summed E-state index contributed by atoms with van der Waals surface area (Å²) >= 11 is 0. The first-order valence-electron chi connectivity index (χ1n) is 11.8. The van der Waals surface area contributed by atoms with Crippen molar-refractivity contribution in [1.82, 2.24) is 14.1 Å². The molecule has 4 rings (SSSR count). The van der Waals surface area contributed by atoms with Crippen LogP contribution in [0.1, 0.15) is 31.5 Å². The van der Waals surface area contributed by atoms with Gasteiger partial charge in [-0.2, -0.15) is 0 Å². The van der Waals surface area contributed by atoms with Crippen molar-refractivity contribution in [2.45, 2.75) is 58.6 Å². The normalized spacial score (nSPS) is 17.6. The molecule has 13 heteroatoms. The molecule has 3 aromatic rings. The first-order valence-corrected chi connectivity index (χ1v) is 11.8. The monoisotopic (exact) mass is 535 g/mol. The highest BCUT2D eigenvalue weighted by molar-refractivity contribution is 5.73. The second-order valence-corrected chi connectivity index (χ2v) is 9.28. The number of nitrogens with zero attached hydrogens (tertiary/aromatic N) is 4. The van der Waals surface area contributed by atoms with Crippen LogP contribution in [0.2, 0.25) is 0 Å². The molecular formula is C25H28F3N5O5. The number of aryl methyl sites for hydroxylation is 1. The molecule has 2 atom stereocenters. The Morgan fingerprint density at radius 3 is 2.53 bits per heavy atom. The van der Waals surface area contributed by atoms with Crippen LogP contribution in [0.25, 0.3) is 0 Å². The molecule has 38 heavy (non-hydrogen) atoms. The number of aliphatic hydroxyl groups is 1. The van der Waals surface area contributed by atoms with Crippen molar-refractivity contribution in [3.8, 4) is 11.5 Å². The lowest BCUT2D eigenvalue weighted by Gasteiger charge is -2.36. The summed E-state index contributed by atoms with van der Waals surface area (Å²) in [5.41, 5.74) is 0.422. The van der Waals surface area contributed by atoms with Crippen molar-refractivity contribution < 1.29 is 27.8 Å². The molecule has 0 radical (unpaired) electrons. The maximum atomic E-state index is 13.6. The van der Waals surface area contributed by atoms with Crippen molar-refractivity contribution in [2.75, 3.05) is 10.2 Å². The van der Waals surface area contributed by atoms with E-state index in [1.54, 1.807) is 31.0 Å². The molecule has 10 nitrogen and oxygen atoms in total. The summed E-state index contributed by atoms with van der Waals surface area (Å²) in [6.07, 6.45) is -3.77. The molecule has 2 unspecified atom stereocenters. The minimum absolute atomic E-state index is 0.0124. The maximum Gasteiger partial charge on any atom is 0.573 e. The predicted molar refractivity (Wildman–Crippen MR) is 133 cm³/mol. The number of hydrogen-bond donors (Lipinski definition) is 2. The van der Waals surface area contributed by atoms with Gasteiger partial charge in [0.2, 0.25) is 0 Å². The lowest BCUT2D eigenvalue weighted by molar-refractivity contribution is -0.274. The van der Waals surface area contributed by atoms with Gasteiger partial charge in [-0.25, -0.2) is 4.79 Å². The highest BCUT2D eigenvalue weighted by Crippen LogP contribution is 2.39. The predicted octanol–water partition coefficient (Wildman–Crippen LogP) is 3.10. The molecule has 2 N–H and O–H groups in total. The van der Waals surface area contributed by atoms with Gasteiger partial charge in [0.1, 0.15) is 23.0 Å². The lowest BCUT2D eigenvalue weighted by atomic mass is 10.2. The minimum atomic E-state index is -4.89. The zero-order valence-corrected chi connectivity index (χ0v) is 21.2. The molecule has 2 aromatic heterocycles. The van der Waals surface area contributed by atoms with Crippen molar-refractivity contribution in [2.24, 2.45) is 7.05 Å². The number of pyridine rings is 1. The number of aromatic nitrogens is 3. The van der Waals surface area contributed by atoms with Gasteiger partial charge in [0.25, 0.3) is 11.4 Å². The summed E-state index contributed by atoms with van der Waals surface area (Å²) in [5, 5.41) is 12.8. The van der Waals surface area contributed by atoms with E-state index < -0.39 is 35.3 Å². The number of alkyl halides is 3. The Hall–Kier alpha value is -4.00. The first-order chi connectivity index (χ1) is 17.8. The van der Waals surface area contributed by atoms with Crippen LogP contribution >= 0.6 is 0 Å². The van der Waals surface area contributed by atoms with Gasteiger partial charge in [0, 0.05) is 32.8 Å². The number of aliphatic hydroxyl groups excluding tert-OH is 1. The third kappa shape index (κ3) is 5.62. The molecule has 1 aliphatic rings. The largest absolute Gasteiger partial charge is 0.573 e. The van der Waals surface area contributed by atoms with Crippen LogP contribution in [0.15, 0.2) is 52.2 Å². The molecule has 0 bridgehead atoms. The quantitative estimate of drug-likeness (QED) is 0.453. The van der Waals surface area contributed by atoms with E-state index in [0.717, 1.165) is 22.3 Å². The summed E-state index contributed by atoms with van der Waals surface area (Å²) in [4.78, 5) is 32.6. The molecule has 1 aliphatic heterocycles. The summed E-state index contributed by atoms with van der Waals surface area (Å²) < 4.78 is 50.7. The van der Waals surface area contributed by atoms with E-state index in [9.17, 15) is 27.9 Å². The average molecular weight is 536 g/mol. The van der Waals surface area contributed by atoms with Crippen LogP contribution in [0.3, 0.4) is 0 Å². The molecule has 0 aliphatic carbocycles. The highest BCUT2D eigenvalue weighted by atomic mass is 19.4. The van der Waals surface area contributed by atoms with E-state index in [2.05, 4.69) is 15.0 Å². The van der Waals surface area contributed by atoms with Gasteiger partial charge in [-0.15, -0.1) is 13.2 Å². The van der Waals surface area contributed by atoms with E-state index in [4.69, 9.17) is 4.74 Å². The Bertz CT molecular complexity index is 1440. The van der Waals surface area contributed by atoms with Gasteiger partial charge in [0.15, 0.2) is 0 Å². The maximum absolute atomic E-state index is 13.6. The Balaban J connectivity index is 1.80. The molecule has 0 amide bonds. The van der Waals surface area contributed by atoms with Crippen LogP contribution in [-0.4, -0.2) is 37.5 Å². The molecule has 0 fully saturated rings. The van der Waals surface area contributed by atoms with E-state index in [1.807, 2.05) is 13.0 Å². The number of halogens is 3. The third-order valence-electron chi connectivity index (χ3n) is 6.08. The summed E-state index contributed by atoms with van der Waals surface area (Å²) in [6.45, 7) is 5.08. The van der Waals surface area contributed by atoms with E-state index in [-0.39, 0.29) is 36.8 Å². The fourth-order valence-corrected chi connectivity index (χ4v) is 4.18. The Kier molecular flexibility index (Phi) is 7.15. The van der Waals surface area contributed by atoms with Gasteiger partial charge in [-0.3, -0.25) is 18.9 Å². The van der Waals surface area contributed by atoms with Gasteiger partial charge in [0.05, 0.1) is 18.3 Å². The number of hydrogen-bond acceptors (Lipinski definition) is 8. The number of rotatable bonds is 8. The summed E-state index contributed by atoms with van der Waals surface area (Å²) in [7, 11) is 1.48.